The molecular weight excluding hydrogens is 270 g/mol. The van der Waals surface area contributed by atoms with E-state index in [0.717, 1.165) is 38.6 Å². The van der Waals surface area contributed by atoms with Gasteiger partial charge in [-0.2, -0.15) is 0 Å². The number of dihydropyridines is 1. The van der Waals surface area contributed by atoms with E-state index in [1.807, 2.05) is 18.4 Å². The van der Waals surface area contributed by atoms with Crippen LogP contribution in [0.2, 0.25) is 0 Å². The summed E-state index contributed by atoms with van der Waals surface area (Å²) in [6.07, 6.45) is 7.49. The van der Waals surface area contributed by atoms with E-state index in [0.29, 0.717) is 12.5 Å². The lowest BCUT2D eigenvalue weighted by Gasteiger charge is -2.27. The Morgan fingerprint density at radius 2 is 2.24 bits per heavy atom. The summed E-state index contributed by atoms with van der Waals surface area (Å²) in [6.45, 7) is 5.11. The zero-order valence-corrected chi connectivity index (χ0v) is 12.3. The maximum atomic E-state index is 5.75. The third-order valence-corrected chi connectivity index (χ3v) is 3.87. The number of ether oxygens (including phenoxy) is 3. The summed E-state index contributed by atoms with van der Waals surface area (Å²) >= 11 is 0. The van der Waals surface area contributed by atoms with Gasteiger partial charge in [0.2, 0.25) is 5.88 Å². The molecule has 1 fully saturated rings. The molecule has 3 aliphatic rings. The molecule has 3 rings (SSSR count). The van der Waals surface area contributed by atoms with E-state index in [-0.39, 0.29) is 12.0 Å². The Bertz CT molecular complexity index is 479. The van der Waals surface area contributed by atoms with Gasteiger partial charge in [0, 0.05) is 38.1 Å². The predicted molar refractivity (Wildman–Crippen MR) is 80.6 cm³/mol. The smallest absolute Gasteiger partial charge is 0.210 e. The van der Waals surface area contributed by atoms with Crippen molar-refractivity contribution in [2.24, 2.45) is 15.9 Å². The molecule has 0 saturated carbocycles. The summed E-state index contributed by atoms with van der Waals surface area (Å²) in [4.78, 5) is 11.1. The largest absolute Gasteiger partial charge is 0.500 e. The van der Waals surface area contributed by atoms with Crippen molar-refractivity contribution >= 4 is 12.4 Å². The van der Waals surface area contributed by atoms with Crippen LogP contribution in [0.15, 0.2) is 33.8 Å². The third-order valence-electron chi connectivity index (χ3n) is 3.87. The van der Waals surface area contributed by atoms with Crippen LogP contribution in [-0.2, 0) is 14.2 Å². The zero-order valence-electron chi connectivity index (χ0n) is 12.3. The lowest BCUT2D eigenvalue weighted by molar-refractivity contribution is 0.0273. The monoisotopic (exact) mass is 291 g/mol. The maximum Gasteiger partial charge on any atom is 0.210 e. The molecule has 6 nitrogen and oxygen atoms in total. The molecule has 114 valence electrons. The summed E-state index contributed by atoms with van der Waals surface area (Å²) < 4.78 is 16.4. The second-order valence-electron chi connectivity index (χ2n) is 5.17. The van der Waals surface area contributed by atoms with Gasteiger partial charge in [-0.15, -0.1) is 0 Å². The third kappa shape index (κ3) is 3.51. The van der Waals surface area contributed by atoms with Gasteiger partial charge in [0.05, 0.1) is 32.3 Å². The number of fused-ring (bicyclic) bond motifs is 1. The van der Waals surface area contributed by atoms with Gasteiger partial charge >= 0.3 is 0 Å². The Kier molecular flexibility index (Phi) is 4.67. The second-order valence-corrected chi connectivity index (χ2v) is 5.17. The standard InChI is InChI=1S/C15H21N3O3/c1-19-14-2-3-16-13-10-15(17-11-12(13)14)21-9-6-18-4-7-20-8-5-18/h2-3,10-13H,4-9H2,1H3. The normalized spacial score (nSPS) is 28.6. The minimum atomic E-state index is 0.0286. The van der Waals surface area contributed by atoms with E-state index in [4.69, 9.17) is 14.2 Å². The average Bonchev–Trinajstić information content (AvgIpc) is 2.55. The minimum absolute atomic E-state index is 0.0286. The number of aliphatic imine (C=N–C) groups is 2. The summed E-state index contributed by atoms with van der Waals surface area (Å²) in [5.74, 6) is 1.63. The first-order valence-electron chi connectivity index (χ1n) is 7.33. The van der Waals surface area contributed by atoms with E-state index in [9.17, 15) is 0 Å². The van der Waals surface area contributed by atoms with Crippen LogP contribution in [0.25, 0.3) is 0 Å². The molecule has 0 amide bonds. The van der Waals surface area contributed by atoms with Crippen molar-refractivity contribution in [3.8, 4) is 0 Å². The lowest BCUT2D eigenvalue weighted by atomic mass is 9.95. The van der Waals surface area contributed by atoms with E-state index in [2.05, 4.69) is 14.9 Å². The highest BCUT2D eigenvalue weighted by molar-refractivity contribution is 5.79. The molecule has 3 heterocycles. The zero-order chi connectivity index (χ0) is 14.5. The number of allylic oxidation sites excluding steroid dienone is 1. The van der Waals surface area contributed by atoms with Crippen LogP contribution in [0.3, 0.4) is 0 Å². The summed E-state index contributed by atoms with van der Waals surface area (Å²) in [5.41, 5.74) is 0. The van der Waals surface area contributed by atoms with E-state index in [1.54, 1.807) is 13.3 Å². The highest BCUT2D eigenvalue weighted by atomic mass is 16.5. The van der Waals surface area contributed by atoms with Crippen LogP contribution < -0.4 is 0 Å². The van der Waals surface area contributed by atoms with Crippen LogP contribution in [0.1, 0.15) is 0 Å². The van der Waals surface area contributed by atoms with Crippen molar-refractivity contribution in [1.82, 2.24) is 4.90 Å². The molecule has 21 heavy (non-hydrogen) atoms. The molecule has 2 atom stereocenters. The van der Waals surface area contributed by atoms with Gasteiger partial charge in [-0.25, -0.2) is 4.99 Å². The molecule has 0 aromatic rings. The van der Waals surface area contributed by atoms with Gasteiger partial charge in [0.15, 0.2) is 0 Å². The van der Waals surface area contributed by atoms with E-state index < -0.39 is 0 Å². The molecule has 0 radical (unpaired) electrons. The molecule has 0 aromatic carbocycles. The SMILES string of the molecule is COC1=CC=NC2C=C(OCCN3CCOCC3)N=CC12. The molecule has 3 aliphatic heterocycles. The summed E-state index contributed by atoms with van der Waals surface area (Å²) in [5, 5.41) is 0. The minimum Gasteiger partial charge on any atom is -0.500 e. The van der Waals surface area contributed by atoms with Crippen molar-refractivity contribution in [2.75, 3.05) is 46.6 Å². The summed E-state index contributed by atoms with van der Waals surface area (Å²) in [7, 11) is 1.67. The Balaban J connectivity index is 1.49. The van der Waals surface area contributed by atoms with Crippen LogP contribution in [0, 0.1) is 5.92 Å². The first-order valence-corrected chi connectivity index (χ1v) is 7.33. The number of methoxy groups -OCH3 is 1. The van der Waals surface area contributed by atoms with E-state index in [1.165, 1.54) is 0 Å². The molecular formula is C15H21N3O3. The molecule has 0 N–H and O–H groups in total. The molecule has 0 spiro atoms. The van der Waals surface area contributed by atoms with Gasteiger partial charge in [0.1, 0.15) is 12.4 Å². The topological polar surface area (TPSA) is 55.7 Å². The number of hydrogen-bond donors (Lipinski definition) is 0. The van der Waals surface area contributed by atoms with Crippen molar-refractivity contribution in [2.45, 2.75) is 6.04 Å². The predicted octanol–water partition coefficient (Wildman–Crippen LogP) is 0.861. The molecule has 0 aromatic heterocycles. The van der Waals surface area contributed by atoms with Crippen molar-refractivity contribution in [3.63, 3.8) is 0 Å². The Labute approximate surface area is 124 Å². The van der Waals surface area contributed by atoms with Crippen LogP contribution in [0.5, 0.6) is 0 Å². The van der Waals surface area contributed by atoms with E-state index >= 15 is 0 Å². The van der Waals surface area contributed by atoms with Crippen LogP contribution >= 0.6 is 0 Å². The number of nitrogens with zero attached hydrogens (tertiary/aromatic N) is 3. The number of morpholine rings is 1. The van der Waals surface area contributed by atoms with Gasteiger partial charge < -0.3 is 14.2 Å². The van der Waals surface area contributed by atoms with Gasteiger partial charge in [-0.3, -0.25) is 9.89 Å². The molecule has 0 aliphatic carbocycles. The fraction of sp³-hybridized carbons (Fsp3) is 0.600. The second kappa shape index (κ2) is 6.87. The Morgan fingerprint density at radius 1 is 1.38 bits per heavy atom. The Hall–Kier alpha value is -1.66. The highest BCUT2D eigenvalue weighted by Gasteiger charge is 2.28. The first kappa shape index (κ1) is 14.3. The average molecular weight is 291 g/mol. The fourth-order valence-corrected chi connectivity index (χ4v) is 2.63. The molecule has 2 unspecified atom stereocenters. The number of hydrogen-bond acceptors (Lipinski definition) is 6. The maximum absolute atomic E-state index is 5.75. The van der Waals surface area contributed by atoms with Crippen molar-refractivity contribution < 1.29 is 14.2 Å². The van der Waals surface area contributed by atoms with Crippen molar-refractivity contribution in [1.29, 1.82) is 0 Å². The van der Waals surface area contributed by atoms with Crippen LogP contribution in [-0.4, -0.2) is 69.9 Å². The number of rotatable bonds is 5. The molecule has 1 saturated heterocycles. The Morgan fingerprint density at radius 3 is 3.05 bits per heavy atom. The summed E-state index contributed by atoms with van der Waals surface area (Å²) in [6, 6.07) is 0.0286. The van der Waals surface area contributed by atoms with Gasteiger partial charge in [-0.1, -0.05) is 0 Å². The molecule has 0 bridgehead atoms. The highest BCUT2D eigenvalue weighted by Crippen LogP contribution is 2.26. The molecule has 6 heteroatoms. The lowest BCUT2D eigenvalue weighted by Crippen LogP contribution is -2.38. The van der Waals surface area contributed by atoms with Gasteiger partial charge in [0.25, 0.3) is 0 Å². The quantitative estimate of drug-likeness (QED) is 0.754. The van der Waals surface area contributed by atoms with Crippen LogP contribution in [0.4, 0.5) is 0 Å². The fourth-order valence-electron chi connectivity index (χ4n) is 2.63. The van der Waals surface area contributed by atoms with Gasteiger partial charge in [-0.05, 0) is 6.08 Å². The van der Waals surface area contributed by atoms with Crippen molar-refractivity contribution in [3.05, 3.63) is 23.8 Å². The first-order chi connectivity index (χ1) is 10.4.